The zero-order valence-corrected chi connectivity index (χ0v) is 20.8. The van der Waals surface area contributed by atoms with Crippen molar-refractivity contribution in [2.24, 2.45) is 0 Å². The summed E-state index contributed by atoms with van der Waals surface area (Å²) in [7, 11) is 3.14. The van der Waals surface area contributed by atoms with Gasteiger partial charge in [0.05, 0.1) is 32.4 Å². The Hall–Kier alpha value is -4.26. The van der Waals surface area contributed by atoms with E-state index in [1.165, 1.54) is 4.90 Å². The maximum Gasteiger partial charge on any atom is 0.295 e. The average Bonchev–Trinajstić information content (AvgIpc) is 3.14. The van der Waals surface area contributed by atoms with Gasteiger partial charge in [-0.2, -0.15) is 0 Å². The fraction of sp³-hybridized carbons (Fsp3) is 0.241. The Labute approximate surface area is 210 Å². The second-order valence-corrected chi connectivity index (χ2v) is 8.46. The van der Waals surface area contributed by atoms with Crippen LogP contribution in [0.3, 0.4) is 0 Å². The van der Waals surface area contributed by atoms with E-state index in [0.717, 1.165) is 16.9 Å². The second kappa shape index (κ2) is 10.6. The maximum atomic E-state index is 13.3. The highest BCUT2D eigenvalue weighted by atomic mass is 16.5. The minimum Gasteiger partial charge on any atom is -0.507 e. The lowest BCUT2D eigenvalue weighted by Gasteiger charge is -2.25. The number of hydrogen-bond acceptors (Lipinski definition) is 6. The highest BCUT2D eigenvalue weighted by molar-refractivity contribution is 6.46. The Bertz CT molecular complexity index is 1290. The lowest BCUT2D eigenvalue weighted by atomic mass is 9.94. The summed E-state index contributed by atoms with van der Waals surface area (Å²) in [6.45, 7) is 4.50. The fourth-order valence-corrected chi connectivity index (χ4v) is 4.41. The molecule has 0 aliphatic carbocycles. The minimum absolute atomic E-state index is 0.0423. The number of rotatable bonds is 8. The largest absolute Gasteiger partial charge is 0.507 e. The molecule has 3 aromatic carbocycles. The molecule has 0 aromatic heterocycles. The molecule has 186 valence electrons. The molecule has 1 aliphatic rings. The van der Waals surface area contributed by atoms with Gasteiger partial charge in [0.15, 0.2) is 0 Å². The van der Waals surface area contributed by atoms with Gasteiger partial charge in [-0.1, -0.05) is 24.3 Å². The molecule has 1 N–H and O–H groups in total. The van der Waals surface area contributed by atoms with E-state index in [0.29, 0.717) is 29.2 Å². The Morgan fingerprint density at radius 2 is 1.58 bits per heavy atom. The summed E-state index contributed by atoms with van der Waals surface area (Å²) in [4.78, 5) is 28.0. The summed E-state index contributed by atoms with van der Waals surface area (Å²) < 4.78 is 16.1. The van der Waals surface area contributed by atoms with E-state index in [9.17, 15) is 14.7 Å². The zero-order chi connectivity index (χ0) is 25.8. The standard InChI is InChI=1S/C29H29NO6/c1-5-36-23-11-6-19(7-12-23)17-30-26(20-8-13-22(34-3)14-9-20)25(28(32)29(30)33)27(31)21-10-15-24(35-4)18(2)16-21/h6-16,26,31H,5,17H2,1-4H3/b27-25-. The number of Topliss-reactive ketones (excluding diaryl/α,β-unsaturated/α-hetero) is 1. The van der Waals surface area contributed by atoms with Crippen molar-refractivity contribution < 1.29 is 28.9 Å². The van der Waals surface area contributed by atoms with E-state index in [-0.39, 0.29) is 17.9 Å². The van der Waals surface area contributed by atoms with Crippen LogP contribution in [-0.2, 0) is 16.1 Å². The van der Waals surface area contributed by atoms with Crippen molar-refractivity contribution in [3.63, 3.8) is 0 Å². The topological polar surface area (TPSA) is 85.3 Å². The monoisotopic (exact) mass is 487 g/mol. The minimum atomic E-state index is -0.773. The van der Waals surface area contributed by atoms with Gasteiger partial charge in [-0.15, -0.1) is 0 Å². The number of amides is 1. The number of aryl methyl sites for hydroxylation is 1. The Morgan fingerprint density at radius 3 is 2.17 bits per heavy atom. The van der Waals surface area contributed by atoms with Crippen molar-refractivity contribution in [2.45, 2.75) is 26.4 Å². The zero-order valence-electron chi connectivity index (χ0n) is 20.8. The van der Waals surface area contributed by atoms with Crippen LogP contribution in [-0.4, -0.2) is 42.5 Å². The van der Waals surface area contributed by atoms with E-state index < -0.39 is 17.7 Å². The third-order valence-electron chi connectivity index (χ3n) is 6.23. The van der Waals surface area contributed by atoms with Crippen molar-refractivity contribution in [3.8, 4) is 17.2 Å². The van der Waals surface area contributed by atoms with Crippen molar-refractivity contribution in [1.82, 2.24) is 4.90 Å². The lowest BCUT2D eigenvalue weighted by Crippen LogP contribution is -2.29. The molecule has 36 heavy (non-hydrogen) atoms. The number of carbonyl (C=O) groups is 2. The van der Waals surface area contributed by atoms with Crippen LogP contribution in [0.4, 0.5) is 0 Å². The van der Waals surface area contributed by atoms with Gasteiger partial charge in [0.25, 0.3) is 11.7 Å². The van der Waals surface area contributed by atoms with Crippen molar-refractivity contribution in [2.75, 3.05) is 20.8 Å². The number of aliphatic hydroxyl groups excluding tert-OH is 1. The third kappa shape index (κ3) is 4.77. The summed E-state index contributed by atoms with van der Waals surface area (Å²) in [5, 5.41) is 11.3. The Kier molecular flexibility index (Phi) is 7.29. The van der Waals surface area contributed by atoms with Gasteiger partial charge in [-0.3, -0.25) is 9.59 Å². The second-order valence-electron chi connectivity index (χ2n) is 8.46. The number of hydrogen-bond donors (Lipinski definition) is 1. The van der Waals surface area contributed by atoms with Crippen LogP contribution in [0.25, 0.3) is 5.76 Å². The molecular weight excluding hydrogens is 458 g/mol. The van der Waals surface area contributed by atoms with Crippen LogP contribution < -0.4 is 14.2 Å². The summed E-state index contributed by atoms with van der Waals surface area (Å²) in [6, 6.07) is 18.9. The first-order chi connectivity index (χ1) is 17.4. The van der Waals surface area contributed by atoms with Gasteiger partial charge in [-0.05, 0) is 73.0 Å². The molecule has 7 nitrogen and oxygen atoms in total. The maximum absolute atomic E-state index is 13.3. The number of benzene rings is 3. The molecule has 1 amide bonds. The molecular formula is C29H29NO6. The van der Waals surface area contributed by atoms with Crippen LogP contribution >= 0.6 is 0 Å². The van der Waals surface area contributed by atoms with E-state index in [4.69, 9.17) is 14.2 Å². The number of methoxy groups -OCH3 is 2. The van der Waals surface area contributed by atoms with Crippen molar-refractivity contribution in [3.05, 3.63) is 94.6 Å². The molecule has 1 heterocycles. The van der Waals surface area contributed by atoms with E-state index in [1.54, 1.807) is 56.7 Å². The van der Waals surface area contributed by atoms with E-state index >= 15 is 0 Å². The highest BCUT2D eigenvalue weighted by Gasteiger charge is 2.46. The molecule has 0 bridgehead atoms. The Balaban J connectivity index is 1.80. The average molecular weight is 488 g/mol. The summed E-state index contributed by atoms with van der Waals surface area (Å²) in [5.41, 5.74) is 2.80. The first-order valence-electron chi connectivity index (χ1n) is 11.7. The summed E-state index contributed by atoms with van der Waals surface area (Å²) in [5.74, 6) is 0.408. The van der Waals surface area contributed by atoms with Crippen molar-refractivity contribution >= 4 is 17.4 Å². The fourth-order valence-electron chi connectivity index (χ4n) is 4.41. The molecule has 1 fully saturated rings. The van der Waals surface area contributed by atoms with Gasteiger partial charge in [0.1, 0.15) is 23.0 Å². The molecule has 0 saturated carbocycles. The molecule has 0 spiro atoms. The number of ether oxygens (including phenoxy) is 3. The Morgan fingerprint density at radius 1 is 0.917 bits per heavy atom. The van der Waals surface area contributed by atoms with Crippen LogP contribution in [0.5, 0.6) is 17.2 Å². The number of aliphatic hydroxyl groups is 1. The molecule has 3 aromatic rings. The number of carbonyl (C=O) groups excluding carboxylic acids is 2. The van der Waals surface area contributed by atoms with E-state index in [1.807, 2.05) is 38.1 Å². The van der Waals surface area contributed by atoms with Crippen molar-refractivity contribution in [1.29, 1.82) is 0 Å². The molecule has 4 rings (SSSR count). The first kappa shape index (κ1) is 24.9. The normalized spacial score (nSPS) is 16.8. The molecule has 7 heteroatoms. The van der Waals surface area contributed by atoms with Gasteiger partial charge in [0, 0.05) is 12.1 Å². The quantitative estimate of drug-likeness (QED) is 0.272. The highest BCUT2D eigenvalue weighted by Crippen LogP contribution is 2.41. The predicted molar refractivity (Wildman–Crippen MR) is 136 cm³/mol. The lowest BCUT2D eigenvalue weighted by molar-refractivity contribution is -0.140. The van der Waals surface area contributed by atoms with E-state index in [2.05, 4.69) is 0 Å². The van der Waals surface area contributed by atoms with Gasteiger partial charge in [-0.25, -0.2) is 0 Å². The van der Waals surface area contributed by atoms with Crippen LogP contribution in [0, 0.1) is 6.92 Å². The molecule has 0 radical (unpaired) electrons. The molecule has 1 saturated heterocycles. The molecule has 1 unspecified atom stereocenters. The molecule has 1 aliphatic heterocycles. The predicted octanol–water partition coefficient (Wildman–Crippen LogP) is 5.03. The smallest absolute Gasteiger partial charge is 0.295 e. The van der Waals surface area contributed by atoms with Gasteiger partial charge < -0.3 is 24.2 Å². The van der Waals surface area contributed by atoms with Crippen LogP contribution in [0.15, 0.2) is 72.3 Å². The van der Waals surface area contributed by atoms with Gasteiger partial charge >= 0.3 is 0 Å². The first-order valence-corrected chi connectivity index (χ1v) is 11.7. The van der Waals surface area contributed by atoms with Gasteiger partial charge in [0.2, 0.25) is 0 Å². The number of likely N-dealkylation sites (tertiary alicyclic amines) is 1. The summed E-state index contributed by atoms with van der Waals surface area (Å²) >= 11 is 0. The third-order valence-corrected chi connectivity index (χ3v) is 6.23. The van der Waals surface area contributed by atoms with Crippen LogP contribution in [0.1, 0.15) is 35.2 Å². The number of nitrogens with zero attached hydrogens (tertiary/aromatic N) is 1. The SMILES string of the molecule is CCOc1ccc(CN2C(=O)C(=O)/C(=C(\O)c3ccc(OC)c(C)c3)C2c2ccc(OC)cc2)cc1. The molecule has 1 atom stereocenters. The summed E-state index contributed by atoms with van der Waals surface area (Å²) in [6.07, 6.45) is 0. The number of ketones is 1. The van der Waals surface area contributed by atoms with Crippen LogP contribution in [0.2, 0.25) is 0 Å².